The third kappa shape index (κ3) is 4.29. The number of nitrogens with zero attached hydrogens (tertiary/aromatic N) is 1. The molecule has 17 heavy (non-hydrogen) atoms. The number of halogens is 3. The summed E-state index contributed by atoms with van der Waals surface area (Å²) in [6.45, 7) is 0. The van der Waals surface area contributed by atoms with E-state index in [-0.39, 0.29) is 5.69 Å². The summed E-state index contributed by atoms with van der Waals surface area (Å²) in [6.07, 6.45) is -3.88. The fourth-order valence-electron chi connectivity index (χ4n) is 1.06. The molecule has 0 aliphatic rings. The van der Waals surface area contributed by atoms with Gasteiger partial charge in [0.05, 0.1) is 11.3 Å². The third-order valence-electron chi connectivity index (χ3n) is 1.75. The van der Waals surface area contributed by atoms with E-state index in [1.807, 2.05) is 4.83 Å². The molecule has 1 aromatic rings. The molecule has 96 valence electrons. The molecule has 0 aromatic carbocycles. The first-order valence-corrected chi connectivity index (χ1v) is 6.08. The van der Waals surface area contributed by atoms with Crippen molar-refractivity contribution in [1.29, 1.82) is 0 Å². The molecule has 5 nitrogen and oxygen atoms in total. The fraction of sp³-hybridized carbons (Fsp3) is 0.375. The van der Waals surface area contributed by atoms with Crippen molar-refractivity contribution in [2.75, 3.05) is 7.05 Å². The summed E-state index contributed by atoms with van der Waals surface area (Å²) in [6, 6.07) is 1.81. The zero-order chi connectivity index (χ0) is 13.1. The zero-order valence-corrected chi connectivity index (χ0v) is 9.56. The number of rotatable bonds is 4. The molecule has 1 heterocycles. The molecule has 0 aliphatic heterocycles. The first-order chi connectivity index (χ1) is 7.74. The maximum atomic E-state index is 12.2. The van der Waals surface area contributed by atoms with Gasteiger partial charge in [0, 0.05) is 6.20 Å². The molecule has 0 saturated heterocycles. The number of sulfonamides is 1. The van der Waals surface area contributed by atoms with Gasteiger partial charge >= 0.3 is 6.18 Å². The Morgan fingerprint density at radius 1 is 1.35 bits per heavy atom. The van der Waals surface area contributed by atoms with Gasteiger partial charge in [-0.3, -0.25) is 4.98 Å². The van der Waals surface area contributed by atoms with Gasteiger partial charge in [-0.1, -0.05) is 0 Å². The van der Waals surface area contributed by atoms with Crippen LogP contribution < -0.4 is 10.3 Å². The van der Waals surface area contributed by atoms with Gasteiger partial charge in [0.1, 0.15) is 5.75 Å². The van der Waals surface area contributed by atoms with E-state index in [0.29, 0.717) is 6.20 Å². The SMILES string of the molecule is CNNS(=O)(=O)Cc1ccc(C(F)(F)F)cn1. The van der Waals surface area contributed by atoms with Gasteiger partial charge in [-0.2, -0.15) is 18.0 Å². The highest BCUT2D eigenvalue weighted by atomic mass is 32.2. The van der Waals surface area contributed by atoms with E-state index in [2.05, 4.69) is 10.4 Å². The number of pyridine rings is 1. The minimum absolute atomic E-state index is 0.0285. The molecule has 0 bridgehead atoms. The molecule has 0 aliphatic carbocycles. The van der Waals surface area contributed by atoms with Gasteiger partial charge in [-0.25, -0.2) is 13.8 Å². The van der Waals surface area contributed by atoms with Gasteiger partial charge in [0.25, 0.3) is 0 Å². The van der Waals surface area contributed by atoms with Crippen molar-refractivity contribution in [2.24, 2.45) is 0 Å². The van der Waals surface area contributed by atoms with Crippen LogP contribution in [0.4, 0.5) is 13.2 Å². The summed E-state index contributed by atoms with van der Waals surface area (Å²) in [5.41, 5.74) is 1.33. The Labute approximate surface area is 96.1 Å². The van der Waals surface area contributed by atoms with Crippen molar-refractivity contribution in [1.82, 2.24) is 15.2 Å². The molecular formula is C8H10F3N3O2S. The van der Waals surface area contributed by atoms with Crippen LogP contribution in [0.5, 0.6) is 0 Å². The van der Waals surface area contributed by atoms with Crippen LogP contribution in [0.2, 0.25) is 0 Å². The Hall–Kier alpha value is -1.19. The van der Waals surface area contributed by atoms with Crippen molar-refractivity contribution in [3.63, 3.8) is 0 Å². The minimum atomic E-state index is -4.48. The first-order valence-electron chi connectivity index (χ1n) is 4.43. The van der Waals surface area contributed by atoms with E-state index in [0.717, 1.165) is 12.1 Å². The van der Waals surface area contributed by atoms with Crippen molar-refractivity contribution >= 4 is 10.0 Å². The van der Waals surface area contributed by atoms with Crippen molar-refractivity contribution < 1.29 is 21.6 Å². The molecule has 0 atom stereocenters. The number of nitrogens with one attached hydrogen (secondary N) is 2. The first kappa shape index (κ1) is 13.9. The predicted molar refractivity (Wildman–Crippen MR) is 54.1 cm³/mol. The molecule has 0 amide bonds. The van der Waals surface area contributed by atoms with Gasteiger partial charge in [0.15, 0.2) is 0 Å². The van der Waals surface area contributed by atoms with E-state index >= 15 is 0 Å². The molecule has 0 radical (unpaired) electrons. The lowest BCUT2D eigenvalue weighted by Gasteiger charge is -2.07. The summed E-state index contributed by atoms with van der Waals surface area (Å²) in [5.74, 6) is -0.494. The van der Waals surface area contributed by atoms with E-state index in [4.69, 9.17) is 0 Å². The molecular weight excluding hydrogens is 259 g/mol. The second kappa shape index (κ2) is 4.98. The van der Waals surface area contributed by atoms with Gasteiger partial charge in [-0.05, 0) is 19.2 Å². The van der Waals surface area contributed by atoms with E-state index in [9.17, 15) is 21.6 Å². The molecule has 0 saturated carbocycles. The standard InChI is InChI=1S/C8H10F3N3O2S/c1-12-14-17(15,16)5-7-3-2-6(4-13-7)8(9,10)11/h2-4,12,14H,5H2,1H3. The quantitative estimate of drug-likeness (QED) is 0.787. The molecule has 2 N–H and O–H groups in total. The van der Waals surface area contributed by atoms with Crippen molar-refractivity contribution in [3.8, 4) is 0 Å². The molecule has 1 rings (SSSR count). The highest BCUT2D eigenvalue weighted by Crippen LogP contribution is 2.28. The number of hydrogen-bond donors (Lipinski definition) is 2. The predicted octanol–water partition coefficient (Wildman–Crippen LogP) is 0.654. The largest absolute Gasteiger partial charge is 0.417 e. The highest BCUT2D eigenvalue weighted by molar-refractivity contribution is 7.88. The zero-order valence-electron chi connectivity index (χ0n) is 8.75. The molecule has 1 aromatic heterocycles. The molecule has 0 fully saturated rings. The maximum Gasteiger partial charge on any atom is 0.417 e. The lowest BCUT2D eigenvalue weighted by Crippen LogP contribution is -2.35. The summed E-state index contributed by atoms with van der Waals surface area (Å²) < 4.78 is 59.1. The smallest absolute Gasteiger partial charge is 0.260 e. The number of hydrogen-bond acceptors (Lipinski definition) is 4. The number of aromatic nitrogens is 1. The normalized spacial score (nSPS) is 12.7. The van der Waals surface area contributed by atoms with Crippen LogP contribution >= 0.6 is 0 Å². The molecule has 9 heteroatoms. The topological polar surface area (TPSA) is 71.1 Å². The van der Waals surface area contributed by atoms with Crippen LogP contribution in [0, 0.1) is 0 Å². The molecule has 0 spiro atoms. The number of hydrazine groups is 1. The van der Waals surface area contributed by atoms with Crippen LogP contribution in [0.1, 0.15) is 11.3 Å². The fourth-order valence-corrected chi connectivity index (χ4v) is 2.01. The Kier molecular flexibility index (Phi) is 4.07. The molecule has 0 unspecified atom stereocenters. The van der Waals surface area contributed by atoms with E-state index < -0.39 is 27.5 Å². The lowest BCUT2D eigenvalue weighted by atomic mass is 10.2. The lowest BCUT2D eigenvalue weighted by molar-refractivity contribution is -0.137. The number of alkyl halides is 3. The van der Waals surface area contributed by atoms with Crippen LogP contribution in [-0.4, -0.2) is 20.4 Å². The third-order valence-corrected chi connectivity index (χ3v) is 2.94. The summed E-state index contributed by atoms with van der Waals surface area (Å²) in [5, 5.41) is 0. The Bertz CT molecular complexity index is 470. The summed E-state index contributed by atoms with van der Waals surface area (Å²) >= 11 is 0. The Morgan fingerprint density at radius 2 is 2.00 bits per heavy atom. The van der Waals surface area contributed by atoms with Crippen LogP contribution in [-0.2, 0) is 22.0 Å². The van der Waals surface area contributed by atoms with Crippen molar-refractivity contribution in [3.05, 3.63) is 29.6 Å². The minimum Gasteiger partial charge on any atom is -0.260 e. The van der Waals surface area contributed by atoms with Gasteiger partial charge in [0.2, 0.25) is 10.0 Å². The summed E-state index contributed by atoms with van der Waals surface area (Å²) in [4.78, 5) is 5.42. The van der Waals surface area contributed by atoms with E-state index in [1.54, 1.807) is 0 Å². The Morgan fingerprint density at radius 3 is 2.41 bits per heavy atom. The van der Waals surface area contributed by atoms with E-state index in [1.165, 1.54) is 7.05 Å². The van der Waals surface area contributed by atoms with Crippen LogP contribution in [0.15, 0.2) is 18.3 Å². The monoisotopic (exact) mass is 269 g/mol. The summed E-state index contributed by atoms with van der Waals surface area (Å²) in [7, 11) is -2.28. The van der Waals surface area contributed by atoms with Crippen molar-refractivity contribution in [2.45, 2.75) is 11.9 Å². The van der Waals surface area contributed by atoms with Gasteiger partial charge in [-0.15, -0.1) is 0 Å². The Balaban J connectivity index is 2.83. The average molecular weight is 269 g/mol. The van der Waals surface area contributed by atoms with Crippen LogP contribution in [0.3, 0.4) is 0 Å². The average Bonchev–Trinajstić information content (AvgIpc) is 2.16. The second-order valence-electron chi connectivity index (χ2n) is 3.15. The van der Waals surface area contributed by atoms with Gasteiger partial charge < -0.3 is 0 Å². The van der Waals surface area contributed by atoms with Crippen LogP contribution in [0.25, 0.3) is 0 Å². The second-order valence-corrected chi connectivity index (χ2v) is 4.87. The maximum absolute atomic E-state index is 12.2. The highest BCUT2D eigenvalue weighted by Gasteiger charge is 2.30.